The second-order valence-corrected chi connectivity index (χ2v) is 6.86. The number of hydrogen-bond acceptors (Lipinski definition) is 5. The van der Waals surface area contributed by atoms with Crippen LogP contribution in [0.5, 0.6) is 11.5 Å². The molecule has 0 radical (unpaired) electrons. The van der Waals surface area contributed by atoms with E-state index in [1.807, 2.05) is 16.7 Å². The molecule has 0 N–H and O–H groups in total. The highest BCUT2D eigenvalue weighted by molar-refractivity contribution is 7.94. The van der Waals surface area contributed by atoms with E-state index >= 15 is 0 Å². The zero-order chi connectivity index (χ0) is 15.7. The van der Waals surface area contributed by atoms with Crippen molar-refractivity contribution in [1.29, 1.82) is 0 Å². The van der Waals surface area contributed by atoms with Gasteiger partial charge in [-0.15, -0.1) is 0 Å². The van der Waals surface area contributed by atoms with Gasteiger partial charge in [-0.05, 0) is 18.2 Å². The molecule has 1 atom stereocenters. The van der Waals surface area contributed by atoms with Crippen LogP contribution in [0, 0.1) is 0 Å². The summed E-state index contributed by atoms with van der Waals surface area (Å²) < 4.78 is 35.9. The van der Waals surface area contributed by atoms with E-state index in [0.717, 1.165) is 5.56 Å². The number of para-hydroxylation sites is 1. The molecule has 0 aliphatic carbocycles. The van der Waals surface area contributed by atoms with Crippen molar-refractivity contribution in [1.82, 2.24) is 9.55 Å². The fourth-order valence-electron chi connectivity index (χ4n) is 2.59. The summed E-state index contributed by atoms with van der Waals surface area (Å²) in [7, 11) is -0.000187. The predicted molar refractivity (Wildman–Crippen MR) is 82.7 cm³/mol. The molecule has 1 aliphatic heterocycles. The van der Waals surface area contributed by atoms with Crippen LogP contribution in [0.4, 0.5) is 0 Å². The summed E-state index contributed by atoms with van der Waals surface area (Å²) in [6.07, 6.45) is 5.09. The Hall–Kier alpha value is -2.28. The minimum atomic E-state index is -3.13. The van der Waals surface area contributed by atoms with E-state index < -0.39 is 9.84 Å². The number of hydrogen-bond donors (Lipinski definition) is 0. The maximum atomic E-state index is 11.6. The fraction of sp³-hybridized carbons (Fsp3) is 0.267. The Labute approximate surface area is 128 Å². The fourth-order valence-corrected chi connectivity index (χ4v) is 3.86. The van der Waals surface area contributed by atoms with E-state index in [4.69, 9.17) is 9.47 Å². The van der Waals surface area contributed by atoms with Gasteiger partial charge in [0.2, 0.25) is 0 Å². The molecule has 1 aliphatic rings. The van der Waals surface area contributed by atoms with Crippen LogP contribution in [0.15, 0.2) is 42.1 Å². The van der Waals surface area contributed by atoms with Crippen LogP contribution in [0.2, 0.25) is 0 Å². The summed E-state index contributed by atoms with van der Waals surface area (Å²) in [5.41, 5.74) is 0.754. The van der Waals surface area contributed by atoms with Gasteiger partial charge in [0, 0.05) is 17.8 Å². The number of sulfone groups is 1. The number of benzene rings is 1. The van der Waals surface area contributed by atoms with Crippen molar-refractivity contribution in [3.05, 3.63) is 42.1 Å². The summed E-state index contributed by atoms with van der Waals surface area (Å²) in [5.74, 6) is 1.86. The van der Waals surface area contributed by atoms with Gasteiger partial charge in [0.25, 0.3) is 0 Å². The maximum Gasteiger partial charge on any atom is 0.173 e. The van der Waals surface area contributed by atoms with E-state index in [1.165, 1.54) is 5.41 Å². The topological polar surface area (TPSA) is 70.4 Å². The summed E-state index contributed by atoms with van der Waals surface area (Å²) in [6.45, 7) is 0. The Morgan fingerprint density at radius 3 is 2.73 bits per heavy atom. The van der Waals surface area contributed by atoms with Crippen molar-refractivity contribution < 1.29 is 17.9 Å². The lowest BCUT2D eigenvalue weighted by Gasteiger charge is -2.16. The molecule has 0 fully saturated rings. The van der Waals surface area contributed by atoms with Crippen molar-refractivity contribution in [3.8, 4) is 22.9 Å². The predicted octanol–water partition coefficient (Wildman–Crippen LogP) is 2.05. The van der Waals surface area contributed by atoms with Gasteiger partial charge in [-0.2, -0.15) is 0 Å². The molecule has 0 bridgehead atoms. The lowest BCUT2D eigenvalue weighted by atomic mass is 10.1. The average Bonchev–Trinajstić information content (AvgIpc) is 3.12. The number of aromatic nitrogens is 2. The minimum absolute atomic E-state index is 0.0443. The number of methoxy groups -OCH3 is 2. The molecule has 116 valence electrons. The Balaban J connectivity index is 2.09. The van der Waals surface area contributed by atoms with Crippen molar-refractivity contribution >= 4 is 9.84 Å². The third-order valence-corrected chi connectivity index (χ3v) is 4.96. The van der Waals surface area contributed by atoms with Crippen LogP contribution in [0.25, 0.3) is 11.4 Å². The third-order valence-electron chi connectivity index (χ3n) is 3.58. The summed E-state index contributed by atoms with van der Waals surface area (Å²) in [5, 5.41) is 1.25. The first-order valence-electron chi connectivity index (χ1n) is 6.71. The third kappa shape index (κ3) is 2.48. The molecule has 0 amide bonds. The lowest BCUT2D eigenvalue weighted by Crippen LogP contribution is -2.12. The largest absolute Gasteiger partial charge is 0.493 e. The standard InChI is InChI=1S/C15H16N2O4S/c1-20-13-5-3-4-12(14(13)21-2)15-16-7-8-17(15)11-6-9-22(18,19)10-11/h3-9,11H,10H2,1-2H3/t11-/m0/s1. The van der Waals surface area contributed by atoms with Crippen molar-refractivity contribution in [2.75, 3.05) is 20.0 Å². The summed E-state index contributed by atoms with van der Waals surface area (Å²) in [4.78, 5) is 4.36. The molecule has 0 saturated carbocycles. The molecule has 2 heterocycles. The van der Waals surface area contributed by atoms with Gasteiger partial charge in [0.05, 0.1) is 31.6 Å². The Morgan fingerprint density at radius 2 is 2.09 bits per heavy atom. The van der Waals surface area contributed by atoms with Crippen LogP contribution in [0.1, 0.15) is 6.04 Å². The number of nitrogens with zero attached hydrogens (tertiary/aromatic N) is 2. The molecule has 0 spiro atoms. The van der Waals surface area contributed by atoms with Gasteiger partial charge in [-0.3, -0.25) is 0 Å². The van der Waals surface area contributed by atoms with Gasteiger partial charge in [-0.25, -0.2) is 13.4 Å². The van der Waals surface area contributed by atoms with Crippen LogP contribution in [0.3, 0.4) is 0 Å². The second-order valence-electron chi connectivity index (χ2n) is 4.92. The average molecular weight is 320 g/mol. The molecular formula is C15H16N2O4S. The quantitative estimate of drug-likeness (QED) is 0.862. The normalized spacial score (nSPS) is 19.3. The van der Waals surface area contributed by atoms with Gasteiger partial charge >= 0.3 is 0 Å². The highest BCUT2D eigenvalue weighted by Crippen LogP contribution is 2.38. The molecule has 22 heavy (non-hydrogen) atoms. The van der Waals surface area contributed by atoms with Crippen LogP contribution in [-0.2, 0) is 9.84 Å². The molecule has 7 heteroatoms. The Kier molecular flexibility index (Phi) is 3.66. The smallest absolute Gasteiger partial charge is 0.173 e. The summed E-state index contributed by atoms with van der Waals surface area (Å²) in [6, 6.07) is 5.25. The molecule has 1 aromatic carbocycles. The van der Waals surface area contributed by atoms with Crippen LogP contribution < -0.4 is 9.47 Å². The monoisotopic (exact) mass is 320 g/mol. The number of rotatable bonds is 4. The van der Waals surface area contributed by atoms with Crippen molar-refractivity contribution in [2.24, 2.45) is 0 Å². The van der Waals surface area contributed by atoms with E-state index in [0.29, 0.717) is 17.3 Å². The van der Waals surface area contributed by atoms with Crippen molar-refractivity contribution in [3.63, 3.8) is 0 Å². The lowest BCUT2D eigenvalue weighted by molar-refractivity contribution is 0.356. The highest BCUT2D eigenvalue weighted by Gasteiger charge is 2.26. The maximum absolute atomic E-state index is 11.6. The number of allylic oxidation sites excluding steroid dienone is 1. The van der Waals surface area contributed by atoms with E-state index in [2.05, 4.69) is 4.98 Å². The molecule has 3 rings (SSSR count). The SMILES string of the molecule is COc1cccc(-c2nccn2[C@H]2C=CS(=O)(=O)C2)c1OC. The molecule has 6 nitrogen and oxygen atoms in total. The first kappa shape index (κ1) is 14.6. The summed E-state index contributed by atoms with van der Waals surface area (Å²) >= 11 is 0. The van der Waals surface area contributed by atoms with Gasteiger partial charge in [0.1, 0.15) is 5.82 Å². The molecule has 2 aromatic rings. The second kappa shape index (κ2) is 5.49. The van der Waals surface area contributed by atoms with Gasteiger partial charge in [-0.1, -0.05) is 6.07 Å². The van der Waals surface area contributed by atoms with Crippen LogP contribution >= 0.6 is 0 Å². The molecular weight excluding hydrogens is 304 g/mol. The van der Waals surface area contributed by atoms with Crippen LogP contribution in [-0.4, -0.2) is 37.9 Å². The number of ether oxygens (including phenoxy) is 2. The minimum Gasteiger partial charge on any atom is -0.493 e. The molecule has 0 saturated heterocycles. The van der Waals surface area contributed by atoms with E-state index in [-0.39, 0.29) is 11.8 Å². The molecule has 0 unspecified atom stereocenters. The van der Waals surface area contributed by atoms with E-state index in [9.17, 15) is 8.42 Å². The zero-order valence-electron chi connectivity index (χ0n) is 12.3. The first-order valence-corrected chi connectivity index (χ1v) is 8.42. The zero-order valence-corrected chi connectivity index (χ0v) is 13.1. The van der Waals surface area contributed by atoms with Gasteiger partial charge < -0.3 is 14.0 Å². The number of imidazole rings is 1. The van der Waals surface area contributed by atoms with Crippen molar-refractivity contribution in [2.45, 2.75) is 6.04 Å². The Bertz CT molecular complexity index is 824. The highest BCUT2D eigenvalue weighted by atomic mass is 32.2. The Morgan fingerprint density at radius 1 is 1.27 bits per heavy atom. The molecule has 1 aromatic heterocycles. The van der Waals surface area contributed by atoms with Gasteiger partial charge in [0.15, 0.2) is 21.3 Å². The van der Waals surface area contributed by atoms with E-state index in [1.54, 1.807) is 38.8 Å². The first-order chi connectivity index (χ1) is 10.6.